The van der Waals surface area contributed by atoms with Crippen LogP contribution in [0.1, 0.15) is 25.7 Å². The molecular formula is C34H32N9NaO13S4. The maximum atomic E-state index is 13.6. The number of phenols is 4. The molecule has 10 N–H and O–H groups in total. The number of thiazole rings is 1. The first-order valence-electron chi connectivity index (χ1n) is 17.0. The molecule has 2 aromatic carbocycles. The zero-order valence-electron chi connectivity index (χ0n) is 32.5. The number of aliphatic imine (C=N–C) groups is 1. The number of benzene rings is 2. The molecule has 5 heterocycles. The third-order valence-corrected chi connectivity index (χ3v) is 13.6. The summed E-state index contributed by atoms with van der Waals surface area (Å²) in [5, 5.41) is 69.0. The van der Waals surface area contributed by atoms with Crippen LogP contribution in [0.2, 0.25) is 0 Å². The number of fused-ring (bicyclic) bond motifs is 2. The summed E-state index contributed by atoms with van der Waals surface area (Å²) in [5.41, 5.74) is 8.50. The van der Waals surface area contributed by atoms with Crippen molar-refractivity contribution in [3.8, 4) is 23.0 Å². The van der Waals surface area contributed by atoms with Gasteiger partial charge in [-0.3, -0.25) is 19.5 Å². The molecule has 27 heteroatoms. The molecule has 0 radical (unpaired) electrons. The van der Waals surface area contributed by atoms with Gasteiger partial charge in [0.15, 0.2) is 49.5 Å². The number of carbonyl (C=O) groups excluding carboxylic acids is 2. The molecule has 1 saturated heterocycles. The molecule has 4 aliphatic rings. The molecule has 316 valence electrons. The number of carboxylic acids is 2. The van der Waals surface area contributed by atoms with Crippen LogP contribution in [0.25, 0.3) is 0 Å². The predicted molar refractivity (Wildman–Crippen MR) is 215 cm³/mol. The van der Waals surface area contributed by atoms with E-state index in [0.29, 0.717) is 22.1 Å². The van der Waals surface area contributed by atoms with Crippen LogP contribution in [0, 0.1) is 0 Å². The van der Waals surface area contributed by atoms with E-state index in [9.17, 15) is 58.2 Å². The summed E-state index contributed by atoms with van der Waals surface area (Å²) >= 11 is 3.30. The maximum absolute atomic E-state index is 13.6. The number of carboxylic acid groups (broad SMARTS) is 2. The number of amides is 2. The van der Waals surface area contributed by atoms with Gasteiger partial charge in [0.1, 0.15) is 28.7 Å². The zero-order chi connectivity index (χ0) is 43.2. The average Bonchev–Trinajstić information content (AvgIpc) is 3.80. The summed E-state index contributed by atoms with van der Waals surface area (Å²) in [5.74, 6) is -7.03. The fraction of sp³-hybridized carbons (Fsp3) is 0.206. The molecule has 0 unspecified atom stereocenters. The minimum Gasteiger partial charge on any atom is -1.00 e. The third kappa shape index (κ3) is 9.25. The van der Waals surface area contributed by atoms with Gasteiger partial charge in [0.25, 0.3) is 11.8 Å². The number of rotatable bonds is 14. The largest absolute Gasteiger partial charge is 1.00 e. The van der Waals surface area contributed by atoms with Gasteiger partial charge in [-0.25, -0.2) is 33.0 Å². The van der Waals surface area contributed by atoms with Gasteiger partial charge in [-0.1, -0.05) is 11.2 Å². The Kier molecular flexibility index (Phi) is 13.2. The second-order valence-electron chi connectivity index (χ2n) is 13.0. The topological polar surface area (TPSA) is 330 Å². The second kappa shape index (κ2) is 17.9. The van der Waals surface area contributed by atoms with Gasteiger partial charge in [-0.15, -0.1) is 40.4 Å². The first-order chi connectivity index (χ1) is 28.4. The van der Waals surface area contributed by atoms with Crippen molar-refractivity contribution in [2.45, 2.75) is 29.3 Å². The Bertz CT molecular complexity index is 2620. The normalized spacial score (nSPS) is 19.1. The molecule has 1 aromatic heterocycles. The summed E-state index contributed by atoms with van der Waals surface area (Å²) < 4.78 is 26.2. The number of allylic oxidation sites excluding steroid dienone is 1. The van der Waals surface area contributed by atoms with Gasteiger partial charge in [0.05, 0.1) is 16.1 Å². The standard InChI is InChI=1S/C34H31N9O13S4.Na.H/c1-14-6-24(43-23(36-14)9-41(40-43)13-60(54,55)17-3-5-20(45)22(47)8-17)57-10-16-11-58-31-26(30(49)42(31)27(16)32(50)51)38-29(48)25(18-12-59-34(35)37-18)39-56-28(33(52)53)15-2-4-19(44)21(46)7-15;;/h2-9,12,26,28,31,40,44-47H,10-11,13H2,1H3,(H2,35,37)(H,38,48)(H,50,51)(H,52,53);;/q;+1;-1/t26-,28+,31-;;/m1../s1. The molecule has 22 nitrogen and oxygen atoms in total. The molecule has 0 aliphatic carbocycles. The molecule has 4 aliphatic heterocycles. The van der Waals surface area contributed by atoms with Crippen LogP contribution in [0.5, 0.6) is 23.0 Å². The molecule has 0 saturated carbocycles. The van der Waals surface area contributed by atoms with Gasteiger partial charge in [-0.2, -0.15) is 0 Å². The Balaban J connectivity index is 0.00000363. The maximum Gasteiger partial charge on any atom is 1.00 e. The summed E-state index contributed by atoms with van der Waals surface area (Å²) in [4.78, 5) is 66.4. The van der Waals surface area contributed by atoms with E-state index in [0.717, 1.165) is 52.6 Å². The summed E-state index contributed by atoms with van der Waals surface area (Å²) in [6, 6.07) is 5.02. The van der Waals surface area contributed by atoms with Crippen molar-refractivity contribution in [2.24, 2.45) is 10.1 Å². The van der Waals surface area contributed by atoms with Gasteiger partial charge in [0, 0.05) is 34.2 Å². The number of carbonyl (C=O) groups is 4. The van der Waals surface area contributed by atoms with Crippen LogP contribution in [0.3, 0.4) is 0 Å². The van der Waals surface area contributed by atoms with Crippen LogP contribution < -0.4 is 46.1 Å². The van der Waals surface area contributed by atoms with Crippen molar-refractivity contribution >= 4 is 85.0 Å². The van der Waals surface area contributed by atoms with Crippen LogP contribution in [-0.4, -0.2) is 123 Å². The summed E-state index contributed by atoms with van der Waals surface area (Å²) in [7, 11) is -4.02. The van der Waals surface area contributed by atoms with Gasteiger partial charge in [0.2, 0.25) is 6.10 Å². The molecule has 0 spiro atoms. The van der Waals surface area contributed by atoms with Crippen LogP contribution >= 0.6 is 34.9 Å². The number of aromatic hydroxyl groups is 4. The van der Waals surface area contributed by atoms with Crippen molar-refractivity contribution in [2.75, 3.05) is 23.1 Å². The van der Waals surface area contributed by atoms with Crippen LogP contribution in [0.15, 0.2) is 91.2 Å². The average molecular weight is 926 g/mol. The Morgan fingerprint density at radius 1 is 1.11 bits per heavy atom. The van der Waals surface area contributed by atoms with Gasteiger partial charge in [-0.05, 0) is 42.8 Å². The van der Waals surface area contributed by atoms with Crippen molar-refractivity contribution < 1.29 is 94.1 Å². The number of anilines is 1. The minimum atomic E-state index is -4.02. The predicted octanol–water partition coefficient (Wildman–Crippen LogP) is -1.73. The number of nitrogens with zero attached hydrogens (tertiary/aromatic N) is 6. The quantitative estimate of drug-likeness (QED) is 0.0285. The number of hydrogen-bond donors (Lipinski definition) is 9. The SMILES string of the molecule is CC1=NC2=CN(CS(=O)(=O)c3ccc(O)c(O)c3)NN2C(SCC2=C(C(=O)O)N3C(=O)[C@@H](NC(=O)C(=NO[C@H](C(=O)O)c4ccc(O)c(O)c4)c4csc(N)n4)[C@H]3SC2)=C1.[H-].[Na+]. The molecular weight excluding hydrogens is 894 g/mol. The number of sulfone groups is 1. The molecule has 3 aromatic rings. The molecule has 3 atom stereocenters. The summed E-state index contributed by atoms with van der Waals surface area (Å²) in [6.07, 6.45) is 1.27. The monoisotopic (exact) mass is 925 g/mol. The molecule has 61 heavy (non-hydrogen) atoms. The van der Waals surface area contributed by atoms with Crippen molar-refractivity contribution in [3.05, 3.63) is 87.4 Å². The van der Waals surface area contributed by atoms with Crippen molar-refractivity contribution in [3.63, 3.8) is 0 Å². The fourth-order valence-electron chi connectivity index (χ4n) is 6.05. The fourth-order valence-corrected chi connectivity index (χ4v) is 10.4. The molecule has 2 amide bonds. The molecule has 1 fully saturated rings. The van der Waals surface area contributed by atoms with Crippen molar-refractivity contribution in [1.82, 2.24) is 30.8 Å². The van der Waals surface area contributed by atoms with Crippen molar-refractivity contribution in [1.29, 1.82) is 0 Å². The smallest absolute Gasteiger partial charge is 1.00 e. The van der Waals surface area contributed by atoms with E-state index in [1.54, 1.807) is 13.0 Å². The number of hydrogen-bond acceptors (Lipinski definition) is 21. The number of phenolic OH excluding ortho intramolecular Hbond substituents is 4. The number of nitrogens with one attached hydrogen (secondary N) is 2. The number of nitrogen functional groups attached to an aromatic ring is 1. The number of β-lactam (4-membered cyclic amide) rings is 1. The molecule has 7 rings (SSSR count). The number of aromatic nitrogens is 1. The van der Waals surface area contributed by atoms with Gasteiger partial charge < -0.3 is 48.0 Å². The third-order valence-electron chi connectivity index (χ3n) is 8.87. The van der Waals surface area contributed by atoms with E-state index >= 15 is 0 Å². The second-order valence-corrected chi connectivity index (χ2v) is 18.0. The minimum absolute atomic E-state index is 0. The Hall–Kier alpha value is -5.48. The molecule has 0 bridgehead atoms. The number of aliphatic carboxylic acids is 2. The number of thioether (sulfide) groups is 2. The van der Waals surface area contributed by atoms with E-state index in [1.807, 2.05) is 0 Å². The van der Waals surface area contributed by atoms with E-state index in [4.69, 9.17) is 10.6 Å². The van der Waals surface area contributed by atoms with Gasteiger partial charge >= 0.3 is 41.5 Å². The number of oxime groups is 1. The Morgan fingerprint density at radius 3 is 2.46 bits per heavy atom. The number of nitrogens with two attached hydrogens (primary N) is 1. The first-order valence-corrected chi connectivity index (χ1v) is 21.6. The van der Waals surface area contributed by atoms with Crippen LogP contribution in [-0.2, 0) is 33.9 Å². The Morgan fingerprint density at radius 2 is 1.82 bits per heavy atom. The first kappa shape index (κ1) is 45.1. The van der Waals surface area contributed by atoms with Crippen LogP contribution in [0.4, 0.5) is 5.13 Å². The van der Waals surface area contributed by atoms with E-state index in [-0.39, 0.29) is 69.5 Å². The summed E-state index contributed by atoms with van der Waals surface area (Å²) in [6.45, 7) is 1.71. The Labute approximate surface area is 380 Å². The van der Waals surface area contributed by atoms with E-state index < -0.39 is 85.7 Å². The van der Waals surface area contributed by atoms with E-state index in [1.165, 1.54) is 45.1 Å². The number of hydrazine groups is 2. The van der Waals surface area contributed by atoms with E-state index in [2.05, 4.69) is 26.0 Å². The zero-order valence-corrected chi connectivity index (χ0v) is 36.8.